The number of likely N-dealkylation sites (tertiary alicyclic amines) is 1. The van der Waals surface area contributed by atoms with Crippen LogP contribution in [-0.4, -0.2) is 65.1 Å². The normalized spacial score (nSPS) is 15.4. The lowest BCUT2D eigenvalue weighted by Gasteiger charge is -2.04. The minimum atomic E-state index is -0.722. The highest BCUT2D eigenvalue weighted by atomic mass is 16.3. The number of nitrogens with one attached hydrogen (secondary N) is 1. The monoisotopic (exact) mass is 432 g/mol. The van der Waals surface area contributed by atoms with Crippen LogP contribution < -0.4 is 5.32 Å². The number of benzene rings is 1. The molecule has 0 bridgehead atoms. The van der Waals surface area contributed by atoms with Gasteiger partial charge in [0.1, 0.15) is 6.10 Å². The molecule has 1 atom stereocenters. The van der Waals surface area contributed by atoms with Gasteiger partial charge in [-0.15, -0.1) is 0 Å². The van der Waals surface area contributed by atoms with Gasteiger partial charge in [-0.05, 0) is 12.5 Å². The van der Waals surface area contributed by atoms with E-state index in [0.29, 0.717) is 24.7 Å². The molecule has 4 heterocycles. The van der Waals surface area contributed by atoms with E-state index in [4.69, 9.17) is 5.11 Å². The highest BCUT2D eigenvalue weighted by Gasteiger charge is 2.25. The average Bonchev–Trinajstić information content (AvgIpc) is 3.53. The summed E-state index contributed by atoms with van der Waals surface area (Å²) in [7, 11) is 3.55. The first-order valence-electron chi connectivity index (χ1n) is 10.1. The van der Waals surface area contributed by atoms with Crippen LogP contribution in [0.3, 0.4) is 0 Å². The summed E-state index contributed by atoms with van der Waals surface area (Å²) in [5.74, 6) is 1.04. The molecule has 1 aliphatic heterocycles. The first-order valence-corrected chi connectivity index (χ1v) is 10.1. The van der Waals surface area contributed by atoms with Crippen LogP contribution in [0.2, 0.25) is 0 Å². The highest BCUT2D eigenvalue weighted by Crippen LogP contribution is 2.18. The van der Waals surface area contributed by atoms with Crippen LogP contribution in [0.5, 0.6) is 0 Å². The molecule has 10 heteroatoms. The van der Waals surface area contributed by atoms with Crippen molar-refractivity contribution in [3.63, 3.8) is 0 Å². The van der Waals surface area contributed by atoms with Gasteiger partial charge < -0.3 is 15.3 Å². The fourth-order valence-electron chi connectivity index (χ4n) is 3.17. The van der Waals surface area contributed by atoms with Gasteiger partial charge in [0.25, 0.3) is 5.91 Å². The Morgan fingerprint density at radius 3 is 2.56 bits per heavy atom. The van der Waals surface area contributed by atoms with Crippen molar-refractivity contribution in [2.45, 2.75) is 12.5 Å². The fraction of sp³-hybridized carbons (Fsp3) is 0.227. The van der Waals surface area contributed by atoms with Gasteiger partial charge in [0.2, 0.25) is 5.95 Å². The van der Waals surface area contributed by atoms with Gasteiger partial charge in [-0.1, -0.05) is 30.3 Å². The first-order chi connectivity index (χ1) is 15.5. The maximum atomic E-state index is 10.6. The second kappa shape index (κ2) is 9.40. The number of anilines is 2. The molecular formula is C22H24N8O2. The highest BCUT2D eigenvalue weighted by molar-refractivity contribution is 5.82. The van der Waals surface area contributed by atoms with E-state index >= 15 is 0 Å². The Labute approximate surface area is 185 Å². The topological polar surface area (TPSA) is 114 Å². The largest absolute Gasteiger partial charge is 0.383 e. The molecule has 1 aromatic carbocycles. The van der Waals surface area contributed by atoms with Gasteiger partial charge in [-0.25, -0.2) is 9.67 Å². The van der Waals surface area contributed by atoms with E-state index in [9.17, 15) is 4.79 Å². The number of aromatic nitrogens is 6. The van der Waals surface area contributed by atoms with Gasteiger partial charge in [-0.3, -0.25) is 9.48 Å². The van der Waals surface area contributed by atoms with Crippen molar-refractivity contribution in [1.82, 2.24) is 34.4 Å². The molecule has 2 N–H and O–H groups in total. The van der Waals surface area contributed by atoms with Crippen LogP contribution in [0.25, 0.3) is 17.1 Å². The third kappa shape index (κ3) is 4.98. The summed E-state index contributed by atoms with van der Waals surface area (Å²) in [6.45, 7) is 0.694. The molecule has 0 aliphatic carbocycles. The summed E-state index contributed by atoms with van der Waals surface area (Å²) < 4.78 is 3.45. The van der Waals surface area contributed by atoms with E-state index in [-0.39, 0.29) is 5.91 Å². The summed E-state index contributed by atoms with van der Waals surface area (Å²) >= 11 is 0. The smallest absolute Gasteiger partial charge is 0.251 e. The molecule has 1 saturated heterocycles. The molecule has 0 spiro atoms. The van der Waals surface area contributed by atoms with E-state index in [2.05, 4.69) is 25.5 Å². The molecule has 1 fully saturated rings. The summed E-state index contributed by atoms with van der Waals surface area (Å²) in [4.78, 5) is 20.8. The quantitative estimate of drug-likeness (QED) is 0.507. The van der Waals surface area contributed by atoms with E-state index < -0.39 is 6.10 Å². The summed E-state index contributed by atoms with van der Waals surface area (Å²) in [6, 6.07) is 13.8. The Morgan fingerprint density at radius 1 is 1.12 bits per heavy atom. The minimum absolute atomic E-state index is 0.148. The van der Waals surface area contributed by atoms with E-state index in [1.165, 1.54) is 4.90 Å². The zero-order chi connectivity index (χ0) is 22.5. The van der Waals surface area contributed by atoms with Crippen LogP contribution >= 0.6 is 0 Å². The van der Waals surface area contributed by atoms with Crippen molar-refractivity contribution in [2.24, 2.45) is 7.05 Å². The second-order valence-electron chi connectivity index (χ2n) is 7.34. The van der Waals surface area contributed by atoms with Crippen molar-refractivity contribution in [3.05, 3.63) is 67.3 Å². The third-order valence-corrected chi connectivity index (χ3v) is 4.89. The minimum Gasteiger partial charge on any atom is -0.383 e. The van der Waals surface area contributed by atoms with Crippen molar-refractivity contribution >= 4 is 17.5 Å². The van der Waals surface area contributed by atoms with Crippen LogP contribution in [-0.2, 0) is 11.8 Å². The molecule has 4 aromatic rings. The first kappa shape index (κ1) is 21.2. The number of hydrogen-bond acceptors (Lipinski definition) is 7. The Morgan fingerprint density at radius 2 is 1.94 bits per heavy atom. The van der Waals surface area contributed by atoms with Crippen molar-refractivity contribution in [1.29, 1.82) is 0 Å². The zero-order valence-electron chi connectivity index (χ0n) is 17.8. The Balaban J connectivity index is 0.000000260. The Hall–Kier alpha value is -4.05. The molecule has 1 aliphatic rings. The van der Waals surface area contributed by atoms with Gasteiger partial charge in [0.05, 0.1) is 17.6 Å². The number of carbonyl (C=O) groups is 1. The number of aliphatic hydroxyl groups excluding tert-OH is 1. The van der Waals surface area contributed by atoms with Gasteiger partial charge in [0.15, 0.2) is 5.82 Å². The molecule has 3 aromatic heterocycles. The number of aryl methyl sites for hydroxylation is 1. The number of aliphatic hydroxyl groups is 1. The van der Waals surface area contributed by atoms with E-state index in [1.807, 2.05) is 61.9 Å². The predicted octanol–water partition coefficient (Wildman–Crippen LogP) is 2.02. The number of hydrogen-bond donors (Lipinski definition) is 2. The van der Waals surface area contributed by atoms with Crippen molar-refractivity contribution < 1.29 is 9.90 Å². The number of nitrogens with zero attached hydrogens (tertiary/aromatic N) is 7. The van der Waals surface area contributed by atoms with E-state index in [0.717, 1.165) is 16.9 Å². The number of likely N-dealkylation sites (N-methyl/N-ethyl adjacent to an activating group) is 1. The molecule has 0 saturated carbocycles. The molecular weight excluding hydrogens is 408 g/mol. The number of carbonyl (C=O) groups excluding carboxylic acids is 1. The van der Waals surface area contributed by atoms with E-state index in [1.54, 1.807) is 28.8 Å². The third-order valence-electron chi connectivity index (χ3n) is 4.89. The van der Waals surface area contributed by atoms with Gasteiger partial charge >= 0.3 is 0 Å². The lowest BCUT2D eigenvalue weighted by Crippen LogP contribution is -2.24. The zero-order valence-corrected chi connectivity index (χ0v) is 17.8. The standard InChI is InChI=1S/C17H15N7.C5H9NO2/c1-23-12-14(11-19-23)20-17-18-9-7-16(21-17)24-10-8-15(22-24)13-5-3-2-4-6-13;1-6-3-2-4(7)5(6)8/h2-12H,1H3,(H,18,20,21);4,7H,2-3H2,1H3. The number of rotatable bonds is 4. The average molecular weight is 432 g/mol. The molecule has 10 nitrogen and oxygen atoms in total. The molecule has 32 heavy (non-hydrogen) atoms. The molecule has 5 rings (SSSR count). The number of amides is 1. The Kier molecular flexibility index (Phi) is 6.22. The maximum absolute atomic E-state index is 10.6. The van der Waals surface area contributed by atoms with Crippen LogP contribution in [0.15, 0.2) is 67.3 Å². The van der Waals surface area contributed by atoms with Gasteiger partial charge in [0, 0.05) is 50.9 Å². The second-order valence-corrected chi connectivity index (χ2v) is 7.34. The molecule has 0 radical (unpaired) electrons. The van der Waals surface area contributed by atoms with Crippen molar-refractivity contribution in [2.75, 3.05) is 18.9 Å². The van der Waals surface area contributed by atoms with Gasteiger partial charge in [-0.2, -0.15) is 15.2 Å². The summed E-state index contributed by atoms with van der Waals surface area (Å²) in [6.07, 6.45) is 7.04. The maximum Gasteiger partial charge on any atom is 0.251 e. The Bertz CT molecular complexity index is 1180. The van der Waals surface area contributed by atoms with Crippen LogP contribution in [0.4, 0.5) is 11.6 Å². The van der Waals surface area contributed by atoms with Crippen molar-refractivity contribution in [3.8, 4) is 17.1 Å². The molecule has 164 valence electrons. The predicted molar refractivity (Wildman–Crippen MR) is 119 cm³/mol. The molecule has 1 unspecified atom stereocenters. The van der Waals surface area contributed by atoms with Crippen LogP contribution in [0.1, 0.15) is 6.42 Å². The lowest BCUT2D eigenvalue weighted by molar-refractivity contribution is -0.133. The molecule has 1 amide bonds. The van der Waals surface area contributed by atoms with Crippen LogP contribution in [0, 0.1) is 0 Å². The fourth-order valence-corrected chi connectivity index (χ4v) is 3.17. The summed E-state index contributed by atoms with van der Waals surface area (Å²) in [5.41, 5.74) is 2.80. The SMILES string of the molecule is CN1CCC(O)C1=O.Cn1cc(Nc2nccc(-n3ccc(-c4ccccc4)n3)n2)cn1. The summed E-state index contributed by atoms with van der Waals surface area (Å²) in [5, 5.41) is 20.6. The lowest BCUT2D eigenvalue weighted by atomic mass is 10.2.